The molecular weight excluding hydrogens is 398 g/mol. The molecule has 0 amide bonds. The molecule has 11 heteroatoms. The number of nitrogens with zero attached hydrogens (tertiary/aromatic N) is 3. The molecule has 0 unspecified atom stereocenters. The number of methoxy groups -OCH3 is 1. The summed E-state index contributed by atoms with van der Waals surface area (Å²) in [5.74, 6) is -0.436. The van der Waals surface area contributed by atoms with E-state index in [0.29, 0.717) is 5.56 Å². The number of esters is 1. The molecule has 2 heterocycles. The van der Waals surface area contributed by atoms with Gasteiger partial charge >= 0.3 is 11.7 Å². The van der Waals surface area contributed by atoms with Crippen LogP contribution in [0.2, 0.25) is 0 Å². The minimum absolute atomic E-state index is 0.110. The summed E-state index contributed by atoms with van der Waals surface area (Å²) in [6.45, 7) is -0.378. The number of hydrogen-bond donors (Lipinski definition) is 3. The molecule has 3 rings (SSSR count). The number of aliphatic hydroxyl groups is 3. The Labute approximate surface area is 171 Å². The van der Waals surface area contributed by atoms with Crippen LogP contribution in [-0.2, 0) is 28.0 Å². The average molecular weight is 421 g/mol. The SMILES string of the molecule is COC(=O)c1ccc(CO/N=c2/ccn([C@@H]3O[C@H](CO)[C@@H](O)[C@H]3O)c(=O)n2C)cc1. The monoisotopic (exact) mass is 421 g/mol. The van der Waals surface area contributed by atoms with Gasteiger partial charge in [0.1, 0.15) is 24.9 Å². The quantitative estimate of drug-likeness (QED) is 0.382. The maximum absolute atomic E-state index is 12.6. The molecule has 0 aliphatic carbocycles. The molecule has 1 aliphatic rings. The lowest BCUT2D eigenvalue weighted by Crippen LogP contribution is -2.42. The van der Waals surface area contributed by atoms with Crippen LogP contribution in [0.25, 0.3) is 0 Å². The van der Waals surface area contributed by atoms with Crippen molar-refractivity contribution in [3.05, 3.63) is 63.6 Å². The minimum Gasteiger partial charge on any atom is -0.465 e. The molecule has 162 valence electrons. The molecule has 1 aromatic heterocycles. The predicted octanol–water partition coefficient (Wildman–Crippen LogP) is -1.38. The predicted molar refractivity (Wildman–Crippen MR) is 101 cm³/mol. The van der Waals surface area contributed by atoms with Gasteiger partial charge in [0, 0.05) is 19.3 Å². The number of carbonyl (C=O) groups excluding carboxylic acids is 1. The molecule has 1 saturated heterocycles. The Bertz CT molecular complexity index is 1010. The van der Waals surface area contributed by atoms with Crippen molar-refractivity contribution in [3.63, 3.8) is 0 Å². The molecule has 0 radical (unpaired) electrons. The maximum Gasteiger partial charge on any atom is 0.337 e. The number of rotatable bonds is 6. The highest BCUT2D eigenvalue weighted by Crippen LogP contribution is 2.27. The van der Waals surface area contributed by atoms with Gasteiger partial charge in [0.25, 0.3) is 0 Å². The van der Waals surface area contributed by atoms with E-state index in [4.69, 9.17) is 9.57 Å². The fraction of sp³-hybridized carbons (Fsp3) is 0.421. The second-order valence-electron chi connectivity index (χ2n) is 6.70. The first kappa shape index (κ1) is 21.7. The summed E-state index contributed by atoms with van der Waals surface area (Å²) in [4.78, 5) is 29.3. The number of benzene rings is 1. The summed E-state index contributed by atoms with van der Waals surface area (Å²) in [6, 6.07) is 8.08. The first-order valence-electron chi connectivity index (χ1n) is 9.11. The fourth-order valence-electron chi connectivity index (χ4n) is 3.02. The smallest absolute Gasteiger partial charge is 0.337 e. The Balaban J connectivity index is 1.73. The molecule has 2 aromatic rings. The van der Waals surface area contributed by atoms with Crippen molar-refractivity contribution in [2.75, 3.05) is 13.7 Å². The Morgan fingerprint density at radius 1 is 1.20 bits per heavy atom. The van der Waals surface area contributed by atoms with Crippen LogP contribution in [0.1, 0.15) is 22.1 Å². The van der Waals surface area contributed by atoms with Crippen LogP contribution < -0.4 is 11.2 Å². The van der Waals surface area contributed by atoms with Gasteiger partial charge in [0.05, 0.1) is 19.3 Å². The summed E-state index contributed by atoms with van der Waals surface area (Å²) >= 11 is 0. The van der Waals surface area contributed by atoms with Crippen molar-refractivity contribution in [1.29, 1.82) is 0 Å². The standard InChI is InChI=1S/C19H23N3O8/c1-21-14(20-29-10-11-3-5-12(6-4-11)18(26)28-2)7-8-22(19(21)27)17-16(25)15(24)13(9-23)30-17/h3-8,13,15-17,23-25H,9-10H2,1-2H3/b20-14-/t13-,15-,16-,17-/m1/s1. The van der Waals surface area contributed by atoms with E-state index in [1.807, 2.05) is 0 Å². The van der Waals surface area contributed by atoms with E-state index < -0.39 is 42.8 Å². The number of carbonyl (C=O) groups is 1. The molecule has 0 bridgehead atoms. The van der Waals surface area contributed by atoms with Gasteiger partial charge in [0.15, 0.2) is 11.7 Å². The highest BCUT2D eigenvalue weighted by Gasteiger charge is 2.43. The summed E-state index contributed by atoms with van der Waals surface area (Å²) in [7, 11) is 2.77. The zero-order chi connectivity index (χ0) is 21.8. The van der Waals surface area contributed by atoms with Crippen LogP contribution in [0.3, 0.4) is 0 Å². The number of aromatic nitrogens is 2. The summed E-state index contributed by atoms with van der Waals surface area (Å²) in [5, 5.41) is 33.1. The summed E-state index contributed by atoms with van der Waals surface area (Å²) in [6.07, 6.45) is -3.45. The third-order valence-electron chi connectivity index (χ3n) is 4.79. The van der Waals surface area contributed by atoms with Crippen molar-refractivity contribution in [3.8, 4) is 0 Å². The molecule has 0 saturated carbocycles. The summed E-state index contributed by atoms with van der Waals surface area (Å²) in [5.41, 5.74) is 0.832. The third-order valence-corrected chi connectivity index (χ3v) is 4.79. The van der Waals surface area contributed by atoms with Gasteiger partial charge in [-0.25, -0.2) is 9.59 Å². The largest absolute Gasteiger partial charge is 0.465 e. The van der Waals surface area contributed by atoms with E-state index in [0.717, 1.165) is 10.1 Å². The van der Waals surface area contributed by atoms with Crippen molar-refractivity contribution in [1.82, 2.24) is 9.13 Å². The highest BCUT2D eigenvalue weighted by atomic mass is 16.6. The van der Waals surface area contributed by atoms with Gasteiger partial charge in [-0.2, -0.15) is 0 Å². The van der Waals surface area contributed by atoms with Crippen LogP contribution in [0, 0.1) is 0 Å². The highest BCUT2D eigenvalue weighted by molar-refractivity contribution is 5.89. The van der Waals surface area contributed by atoms with Crippen LogP contribution in [0.5, 0.6) is 0 Å². The minimum atomic E-state index is -1.37. The fourth-order valence-corrected chi connectivity index (χ4v) is 3.02. The van der Waals surface area contributed by atoms with Gasteiger partial charge in [-0.3, -0.25) is 9.13 Å². The Morgan fingerprint density at radius 3 is 2.50 bits per heavy atom. The van der Waals surface area contributed by atoms with E-state index in [9.17, 15) is 24.9 Å². The van der Waals surface area contributed by atoms with Crippen LogP contribution in [0.15, 0.2) is 46.5 Å². The lowest BCUT2D eigenvalue weighted by atomic mass is 10.1. The topological polar surface area (TPSA) is 145 Å². The molecule has 3 N–H and O–H groups in total. The lowest BCUT2D eigenvalue weighted by molar-refractivity contribution is -0.0555. The maximum atomic E-state index is 12.6. The van der Waals surface area contributed by atoms with Gasteiger partial charge in [0.2, 0.25) is 0 Å². The van der Waals surface area contributed by atoms with E-state index in [-0.39, 0.29) is 12.1 Å². The first-order valence-corrected chi connectivity index (χ1v) is 9.11. The van der Waals surface area contributed by atoms with Gasteiger partial charge in [-0.05, 0) is 17.7 Å². The van der Waals surface area contributed by atoms with Gasteiger partial charge in [-0.15, -0.1) is 0 Å². The molecule has 1 aromatic carbocycles. The molecule has 1 aliphatic heterocycles. The number of aliphatic hydroxyl groups excluding tert-OH is 3. The lowest BCUT2D eigenvalue weighted by Gasteiger charge is -2.18. The van der Waals surface area contributed by atoms with Gasteiger partial charge in [-0.1, -0.05) is 17.3 Å². The van der Waals surface area contributed by atoms with Crippen LogP contribution in [-0.4, -0.2) is 62.5 Å². The number of hydrogen-bond acceptors (Lipinski definition) is 9. The van der Waals surface area contributed by atoms with Crippen LogP contribution in [0.4, 0.5) is 0 Å². The molecule has 1 fully saturated rings. The van der Waals surface area contributed by atoms with Crippen LogP contribution >= 0.6 is 0 Å². The first-order chi connectivity index (χ1) is 14.4. The third kappa shape index (κ3) is 4.28. The Morgan fingerprint density at radius 2 is 1.90 bits per heavy atom. The average Bonchev–Trinajstić information content (AvgIpc) is 3.05. The van der Waals surface area contributed by atoms with Crippen molar-refractivity contribution >= 4 is 5.97 Å². The second-order valence-corrected chi connectivity index (χ2v) is 6.70. The van der Waals surface area contributed by atoms with Crippen molar-refractivity contribution in [2.45, 2.75) is 31.1 Å². The van der Waals surface area contributed by atoms with E-state index in [1.165, 1.54) is 31.0 Å². The Kier molecular flexibility index (Phi) is 6.67. The van der Waals surface area contributed by atoms with E-state index in [2.05, 4.69) is 9.89 Å². The van der Waals surface area contributed by atoms with Crippen molar-refractivity contribution in [2.24, 2.45) is 12.2 Å². The molecule has 11 nitrogen and oxygen atoms in total. The van der Waals surface area contributed by atoms with Crippen molar-refractivity contribution < 1.29 is 34.4 Å². The summed E-state index contributed by atoms with van der Waals surface area (Å²) < 4.78 is 12.3. The molecular formula is C19H23N3O8. The molecule has 0 spiro atoms. The number of ether oxygens (including phenoxy) is 2. The second kappa shape index (κ2) is 9.22. The normalized spacial score (nSPS) is 24.1. The zero-order valence-electron chi connectivity index (χ0n) is 16.4. The van der Waals surface area contributed by atoms with E-state index in [1.54, 1.807) is 24.3 Å². The Hall–Kier alpha value is -2.99. The van der Waals surface area contributed by atoms with E-state index >= 15 is 0 Å². The molecule has 4 atom stereocenters. The molecule has 30 heavy (non-hydrogen) atoms. The van der Waals surface area contributed by atoms with Gasteiger partial charge < -0.3 is 29.6 Å². The zero-order valence-corrected chi connectivity index (χ0v) is 16.4.